The van der Waals surface area contributed by atoms with E-state index in [1.54, 1.807) is 0 Å². The Morgan fingerprint density at radius 2 is 2.23 bits per heavy atom. The zero-order valence-electron chi connectivity index (χ0n) is 7.86. The molecule has 0 aromatic heterocycles. The number of esters is 1. The number of nitrogens with zero attached hydrogens (tertiary/aromatic N) is 1. The first-order valence-electron chi connectivity index (χ1n) is 4.05. The van der Waals surface area contributed by atoms with Gasteiger partial charge in [0, 0.05) is 7.05 Å². The Labute approximate surface area is 80.5 Å². The fourth-order valence-corrected chi connectivity index (χ4v) is 0.829. The molecule has 78 valence electrons. The van der Waals surface area contributed by atoms with Gasteiger partial charge in [-0.15, -0.1) is 0 Å². The largest absolute Gasteiger partial charge is 0.465 e. The second-order valence-electron chi connectivity index (χ2n) is 2.59. The summed E-state index contributed by atoms with van der Waals surface area (Å²) >= 11 is -2.11. The maximum absolute atomic E-state index is 10.9. The SMILES string of the molecule is CCCCOC(=O)CN(C)S(=O)O. The van der Waals surface area contributed by atoms with Gasteiger partial charge in [0.25, 0.3) is 0 Å². The molecule has 1 atom stereocenters. The van der Waals surface area contributed by atoms with Gasteiger partial charge in [-0.25, -0.2) is 4.21 Å². The highest BCUT2D eigenvalue weighted by Crippen LogP contribution is 1.92. The number of carbonyl (C=O) groups excluding carboxylic acids is 1. The van der Waals surface area contributed by atoms with Gasteiger partial charge in [-0.1, -0.05) is 13.3 Å². The predicted octanol–water partition coefficient (Wildman–Crippen LogP) is 0.398. The molecule has 13 heavy (non-hydrogen) atoms. The molecule has 0 aliphatic heterocycles. The van der Waals surface area contributed by atoms with Crippen molar-refractivity contribution in [2.24, 2.45) is 0 Å². The van der Waals surface area contributed by atoms with E-state index in [9.17, 15) is 9.00 Å². The van der Waals surface area contributed by atoms with Crippen LogP contribution in [0.15, 0.2) is 0 Å². The van der Waals surface area contributed by atoms with Crippen molar-refractivity contribution in [1.29, 1.82) is 0 Å². The molecular formula is C7H15NO4S. The summed E-state index contributed by atoms with van der Waals surface area (Å²) in [5, 5.41) is 0. The first-order chi connectivity index (χ1) is 6.07. The summed E-state index contributed by atoms with van der Waals surface area (Å²) in [5.41, 5.74) is 0. The molecule has 0 aromatic carbocycles. The zero-order chi connectivity index (χ0) is 10.3. The Morgan fingerprint density at radius 1 is 1.62 bits per heavy atom. The predicted molar refractivity (Wildman–Crippen MR) is 49.3 cm³/mol. The number of likely N-dealkylation sites (N-methyl/N-ethyl adjacent to an activating group) is 1. The Kier molecular flexibility index (Phi) is 6.75. The lowest BCUT2D eigenvalue weighted by Gasteiger charge is -2.10. The van der Waals surface area contributed by atoms with Gasteiger partial charge in [0.1, 0.15) is 6.54 Å². The molecule has 0 aliphatic rings. The van der Waals surface area contributed by atoms with Gasteiger partial charge in [0.15, 0.2) is 0 Å². The van der Waals surface area contributed by atoms with E-state index in [4.69, 9.17) is 9.29 Å². The summed E-state index contributed by atoms with van der Waals surface area (Å²) in [5.74, 6) is -0.474. The molecule has 0 rings (SSSR count). The summed E-state index contributed by atoms with van der Waals surface area (Å²) in [6.45, 7) is 2.21. The van der Waals surface area contributed by atoms with Crippen molar-refractivity contribution in [2.45, 2.75) is 19.8 Å². The van der Waals surface area contributed by atoms with Gasteiger partial charge in [-0.2, -0.15) is 4.31 Å². The van der Waals surface area contributed by atoms with Crippen molar-refractivity contribution in [2.75, 3.05) is 20.2 Å². The summed E-state index contributed by atoms with van der Waals surface area (Å²) in [4.78, 5) is 10.9. The van der Waals surface area contributed by atoms with E-state index in [0.717, 1.165) is 17.1 Å². The zero-order valence-corrected chi connectivity index (χ0v) is 8.67. The van der Waals surface area contributed by atoms with E-state index in [1.807, 2.05) is 6.92 Å². The highest BCUT2D eigenvalue weighted by Gasteiger charge is 2.10. The highest BCUT2D eigenvalue weighted by atomic mass is 32.2. The van der Waals surface area contributed by atoms with E-state index in [2.05, 4.69) is 0 Å². The van der Waals surface area contributed by atoms with E-state index in [0.29, 0.717) is 6.61 Å². The maximum atomic E-state index is 10.9. The summed E-state index contributed by atoms with van der Waals surface area (Å²) < 4.78 is 24.7. The normalized spacial score (nSPS) is 12.9. The van der Waals surface area contributed by atoms with Crippen LogP contribution in [-0.2, 0) is 20.8 Å². The number of hydrogen-bond donors (Lipinski definition) is 1. The quantitative estimate of drug-likeness (QED) is 0.390. The number of ether oxygens (including phenoxy) is 1. The van der Waals surface area contributed by atoms with E-state index in [1.165, 1.54) is 7.05 Å². The number of carbonyl (C=O) groups is 1. The topological polar surface area (TPSA) is 66.8 Å². The maximum Gasteiger partial charge on any atom is 0.321 e. The molecule has 0 saturated carbocycles. The third-order valence-electron chi connectivity index (χ3n) is 1.38. The monoisotopic (exact) mass is 209 g/mol. The van der Waals surface area contributed by atoms with Crippen molar-refractivity contribution in [3.8, 4) is 0 Å². The van der Waals surface area contributed by atoms with Crippen LogP contribution in [0.3, 0.4) is 0 Å². The summed E-state index contributed by atoms with van der Waals surface area (Å²) in [7, 11) is 1.37. The minimum Gasteiger partial charge on any atom is -0.465 e. The Balaban J connectivity index is 3.56. The van der Waals surface area contributed by atoms with Crippen molar-refractivity contribution in [3.05, 3.63) is 0 Å². The Bertz CT molecular complexity index is 185. The van der Waals surface area contributed by atoms with Gasteiger partial charge in [-0.05, 0) is 6.42 Å². The lowest BCUT2D eigenvalue weighted by molar-refractivity contribution is -0.143. The van der Waals surface area contributed by atoms with Crippen molar-refractivity contribution < 1.29 is 18.3 Å². The molecule has 0 amide bonds. The minimum absolute atomic E-state index is 0.160. The first-order valence-corrected chi connectivity index (χ1v) is 5.12. The van der Waals surface area contributed by atoms with Gasteiger partial charge in [-0.3, -0.25) is 9.35 Å². The Hall–Kier alpha value is -0.460. The molecular weight excluding hydrogens is 194 g/mol. The Morgan fingerprint density at radius 3 is 2.69 bits per heavy atom. The minimum atomic E-state index is -2.11. The third kappa shape index (κ3) is 6.68. The van der Waals surface area contributed by atoms with Crippen LogP contribution in [0, 0.1) is 0 Å². The molecule has 0 fully saturated rings. The molecule has 1 N–H and O–H groups in total. The lowest BCUT2D eigenvalue weighted by atomic mass is 10.4. The van der Waals surface area contributed by atoms with Gasteiger partial charge < -0.3 is 4.74 Å². The van der Waals surface area contributed by atoms with Crippen LogP contribution < -0.4 is 0 Å². The number of unbranched alkanes of at least 4 members (excludes halogenated alkanes) is 1. The molecule has 0 radical (unpaired) electrons. The highest BCUT2D eigenvalue weighted by molar-refractivity contribution is 7.76. The number of rotatable bonds is 6. The fraction of sp³-hybridized carbons (Fsp3) is 0.857. The second-order valence-corrected chi connectivity index (χ2v) is 3.68. The van der Waals surface area contributed by atoms with E-state index >= 15 is 0 Å². The molecule has 0 saturated heterocycles. The van der Waals surface area contributed by atoms with Crippen LogP contribution in [0.2, 0.25) is 0 Å². The smallest absolute Gasteiger partial charge is 0.321 e. The van der Waals surface area contributed by atoms with Crippen LogP contribution in [0.25, 0.3) is 0 Å². The van der Waals surface area contributed by atoms with Crippen molar-refractivity contribution in [3.63, 3.8) is 0 Å². The molecule has 0 aromatic rings. The van der Waals surface area contributed by atoms with E-state index < -0.39 is 17.2 Å². The summed E-state index contributed by atoms with van der Waals surface area (Å²) in [6, 6.07) is 0. The molecule has 0 aliphatic carbocycles. The molecule has 5 nitrogen and oxygen atoms in total. The third-order valence-corrected chi connectivity index (χ3v) is 2.04. The second kappa shape index (κ2) is 6.99. The standard InChI is InChI=1S/C7H15NO4S/c1-3-4-5-12-7(9)6-8(2)13(10)11/h3-6H2,1-2H3,(H,10,11). The summed E-state index contributed by atoms with van der Waals surface area (Å²) in [6.07, 6.45) is 1.77. The van der Waals surface area contributed by atoms with Crippen LogP contribution >= 0.6 is 0 Å². The fourth-order valence-electron chi connectivity index (χ4n) is 0.613. The molecule has 0 bridgehead atoms. The molecule has 0 heterocycles. The van der Waals surface area contributed by atoms with Gasteiger partial charge in [0.2, 0.25) is 11.3 Å². The van der Waals surface area contributed by atoms with Crippen LogP contribution in [0.5, 0.6) is 0 Å². The van der Waals surface area contributed by atoms with E-state index in [-0.39, 0.29) is 6.54 Å². The first kappa shape index (κ1) is 12.5. The average Bonchev–Trinajstić information content (AvgIpc) is 2.04. The number of hydrogen-bond acceptors (Lipinski definition) is 3. The molecule has 1 unspecified atom stereocenters. The van der Waals surface area contributed by atoms with Crippen molar-refractivity contribution in [1.82, 2.24) is 4.31 Å². The molecule has 0 spiro atoms. The van der Waals surface area contributed by atoms with Crippen LogP contribution in [0.4, 0.5) is 0 Å². The van der Waals surface area contributed by atoms with Crippen LogP contribution in [-0.4, -0.2) is 39.2 Å². The van der Waals surface area contributed by atoms with Crippen LogP contribution in [0.1, 0.15) is 19.8 Å². The lowest BCUT2D eigenvalue weighted by Crippen LogP contribution is -2.28. The average molecular weight is 209 g/mol. The van der Waals surface area contributed by atoms with Gasteiger partial charge in [0.05, 0.1) is 6.61 Å². The van der Waals surface area contributed by atoms with Crippen molar-refractivity contribution >= 4 is 17.2 Å². The molecule has 6 heteroatoms. The van der Waals surface area contributed by atoms with Gasteiger partial charge >= 0.3 is 5.97 Å².